The number of nitrogens with zero attached hydrogens (tertiary/aromatic N) is 3. The fourth-order valence-corrected chi connectivity index (χ4v) is 4.52. The van der Waals surface area contributed by atoms with Gasteiger partial charge in [0.05, 0.1) is 35.6 Å². The fourth-order valence-electron chi connectivity index (χ4n) is 4.52. The monoisotopic (exact) mass is 462 g/mol. The highest BCUT2D eigenvalue weighted by Gasteiger charge is 2.15. The third-order valence-electron chi connectivity index (χ3n) is 6.46. The first-order valence-electron chi connectivity index (χ1n) is 11.4. The van der Waals surface area contributed by atoms with E-state index >= 15 is 0 Å². The van der Waals surface area contributed by atoms with Crippen LogP contribution in [0, 0.1) is 13.8 Å². The van der Waals surface area contributed by atoms with E-state index in [0.717, 1.165) is 38.9 Å². The molecule has 0 radical (unpaired) electrons. The van der Waals surface area contributed by atoms with Crippen molar-refractivity contribution in [2.75, 3.05) is 7.11 Å². The smallest absolute Gasteiger partial charge is 0.272 e. The molecule has 5 aromatic rings. The van der Waals surface area contributed by atoms with Crippen LogP contribution in [-0.4, -0.2) is 28.8 Å². The number of pyridine rings is 1. The van der Waals surface area contributed by atoms with Crippen molar-refractivity contribution in [3.05, 3.63) is 95.2 Å². The SMILES string of the molecule is COc1ccc(-c2cc(C(=O)N/N=C/c3c(C)n(C)c4c(C)cccc34)c3ccccc3n2)cc1. The van der Waals surface area contributed by atoms with E-state index in [0.29, 0.717) is 11.3 Å². The largest absolute Gasteiger partial charge is 0.497 e. The lowest BCUT2D eigenvalue weighted by atomic mass is 10.0. The Morgan fingerprint density at radius 1 is 1.00 bits per heavy atom. The molecule has 174 valence electrons. The van der Waals surface area contributed by atoms with Crippen molar-refractivity contribution >= 4 is 33.9 Å². The Kier molecular flexibility index (Phi) is 5.79. The van der Waals surface area contributed by atoms with Crippen LogP contribution in [0.4, 0.5) is 0 Å². The summed E-state index contributed by atoms with van der Waals surface area (Å²) in [5.41, 5.74) is 10.0. The van der Waals surface area contributed by atoms with E-state index in [1.807, 2.05) is 67.7 Å². The Bertz CT molecular complexity index is 1600. The summed E-state index contributed by atoms with van der Waals surface area (Å²) < 4.78 is 7.42. The molecule has 35 heavy (non-hydrogen) atoms. The van der Waals surface area contributed by atoms with Gasteiger partial charge < -0.3 is 9.30 Å². The van der Waals surface area contributed by atoms with Gasteiger partial charge >= 0.3 is 0 Å². The van der Waals surface area contributed by atoms with Gasteiger partial charge in [-0.3, -0.25) is 4.79 Å². The van der Waals surface area contributed by atoms with Crippen molar-refractivity contribution in [1.29, 1.82) is 0 Å². The number of carbonyl (C=O) groups excluding carboxylic acids is 1. The molecule has 0 bridgehead atoms. The number of methoxy groups -OCH3 is 1. The van der Waals surface area contributed by atoms with Crippen LogP contribution in [0.25, 0.3) is 33.1 Å². The van der Waals surface area contributed by atoms with Gasteiger partial charge in [0, 0.05) is 34.6 Å². The third-order valence-corrected chi connectivity index (χ3v) is 6.46. The molecule has 0 unspecified atom stereocenters. The van der Waals surface area contributed by atoms with Gasteiger partial charge in [-0.25, -0.2) is 10.4 Å². The lowest BCUT2D eigenvalue weighted by molar-refractivity contribution is 0.0956. The molecule has 0 saturated carbocycles. The second-order valence-corrected chi connectivity index (χ2v) is 8.53. The molecule has 3 aromatic carbocycles. The quantitative estimate of drug-likeness (QED) is 0.266. The zero-order chi connectivity index (χ0) is 24.5. The average Bonchev–Trinajstić information content (AvgIpc) is 3.13. The summed E-state index contributed by atoms with van der Waals surface area (Å²) in [5, 5.41) is 6.21. The highest BCUT2D eigenvalue weighted by molar-refractivity contribution is 6.08. The topological polar surface area (TPSA) is 68.5 Å². The molecule has 0 aliphatic rings. The summed E-state index contributed by atoms with van der Waals surface area (Å²) in [4.78, 5) is 18.0. The van der Waals surface area contributed by atoms with Gasteiger partial charge in [0.15, 0.2) is 0 Å². The number of amides is 1. The Morgan fingerprint density at radius 2 is 1.74 bits per heavy atom. The summed E-state index contributed by atoms with van der Waals surface area (Å²) in [6.07, 6.45) is 1.72. The van der Waals surface area contributed by atoms with Crippen molar-refractivity contribution < 1.29 is 9.53 Å². The number of aromatic nitrogens is 2. The maximum Gasteiger partial charge on any atom is 0.272 e. The Labute approximate surface area is 203 Å². The molecule has 2 heterocycles. The molecule has 0 aliphatic carbocycles. The first-order valence-corrected chi connectivity index (χ1v) is 11.4. The number of hydrazone groups is 1. The Hall–Kier alpha value is -4.45. The lowest BCUT2D eigenvalue weighted by Gasteiger charge is -2.09. The van der Waals surface area contributed by atoms with Gasteiger partial charge in [0.2, 0.25) is 0 Å². The molecule has 0 aliphatic heterocycles. The average molecular weight is 463 g/mol. The van der Waals surface area contributed by atoms with Crippen LogP contribution >= 0.6 is 0 Å². The minimum Gasteiger partial charge on any atom is -0.497 e. The Balaban J connectivity index is 1.49. The molecular weight excluding hydrogens is 436 g/mol. The number of carbonyl (C=O) groups is 1. The van der Waals surface area contributed by atoms with Crippen LogP contribution in [0.15, 0.2) is 77.9 Å². The number of fused-ring (bicyclic) bond motifs is 2. The van der Waals surface area contributed by atoms with Gasteiger partial charge in [-0.15, -0.1) is 0 Å². The van der Waals surface area contributed by atoms with Crippen LogP contribution in [0.1, 0.15) is 27.2 Å². The van der Waals surface area contributed by atoms with E-state index in [1.54, 1.807) is 13.3 Å². The third kappa shape index (κ3) is 4.04. The standard InChI is InChI=1S/C29H26N4O2/c1-18-8-7-10-23-25(19(2)33(3)28(18)23)17-30-32-29(34)24-16-27(20-12-14-21(35-4)15-13-20)31-26-11-6-5-9-22(24)26/h5-17H,1-4H3,(H,32,34)/b30-17+. The summed E-state index contributed by atoms with van der Waals surface area (Å²) >= 11 is 0. The van der Waals surface area contributed by atoms with E-state index in [9.17, 15) is 4.79 Å². The lowest BCUT2D eigenvalue weighted by Crippen LogP contribution is -2.18. The molecule has 1 amide bonds. The summed E-state index contributed by atoms with van der Waals surface area (Å²) in [6, 6.07) is 23.3. The van der Waals surface area contributed by atoms with Crippen molar-refractivity contribution in [2.45, 2.75) is 13.8 Å². The van der Waals surface area contributed by atoms with Crippen LogP contribution in [0.2, 0.25) is 0 Å². The van der Waals surface area contributed by atoms with Crippen LogP contribution in [0.3, 0.4) is 0 Å². The Morgan fingerprint density at radius 3 is 2.51 bits per heavy atom. The van der Waals surface area contributed by atoms with E-state index in [-0.39, 0.29) is 5.91 Å². The van der Waals surface area contributed by atoms with Crippen LogP contribution < -0.4 is 10.2 Å². The molecular formula is C29H26N4O2. The number of hydrogen-bond donors (Lipinski definition) is 1. The molecule has 5 rings (SSSR count). The highest BCUT2D eigenvalue weighted by atomic mass is 16.5. The van der Waals surface area contributed by atoms with Crippen LogP contribution in [-0.2, 0) is 7.05 Å². The zero-order valence-corrected chi connectivity index (χ0v) is 20.2. The normalized spacial score (nSPS) is 11.4. The molecule has 6 heteroatoms. The number of ether oxygens (including phenoxy) is 1. The second-order valence-electron chi connectivity index (χ2n) is 8.53. The molecule has 0 fully saturated rings. The highest BCUT2D eigenvalue weighted by Crippen LogP contribution is 2.27. The number of benzene rings is 3. The van der Waals surface area contributed by atoms with E-state index < -0.39 is 0 Å². The van der Waals surface area contributed by atoms with Crippen molar-refractivity contribution in [3.63, 3.8) is 0 Å². The number of hydrogen-bond acceptors (Lipinski definition) is 4. The van der Waals surface area contributed by atoms with E-state index in [2.05, 4.69) is 41.1 Å². The van der Waals surface area contributed by atoms with Crippen molar-refractivity contribution in [1.82, 2.24) is 15.0 Å². The number of aryl methyl sites for hydroxylation is 2. The first kappa shape index (κ1) is 22.3. The molecule has 0 spiro atoms. The van der Waals surface area contributed by atoms with E-state index in [1.165, 1.54) is 11.1 Å². The predicted molar refractivity (Wildman–Crippen MR) is 141 cm³/mol. The van der Waals surface area contributed by atoms with Gasteiger partial charge in [-0.2, -0.15) is 5.10 Å². The molecule has 0 atom stereocenters. The molecule has 2 aromatic heterocycles. The van der Waals surface area contributed by atoms with Crippen molar-refractivity contribution in [2.24, 2.45) is 12.1 Å². The summed E-state index contributed by atoms with van der Waals surface area (Å²) in [7, 11) is 3.68. The molecule has 0 saturated heterocycles. The van der Waals surface area contributed by atoms with Crippen LogP contribution in [0.5, 0.6) is 5.75 Å². The second kappa shape index (κ2) is 9.06. The van der Waals surface area contributed by atoms with Gasteiger partial charge in [-0.1, -0.05) is 36.4 Å². The number of rotatable bonds is 5. The fraction of sp³-hybridized carbons (Fsp3) is 0.138. The molecule has 6 nitrogen and oxygen atoms in total. The minimum absolute atomic E-state index is 0.288. The maximum absolute atomic E-state index is 13.3. The first-order chi connectivity index (χ1) is 17.0. The summed E-state index contributed by atoms with van der Waals surface area (Å²) in [6.45, 7) is 4.15. The van der Waals surface area contributed by atoms with Gasteiger partial charge in [-0.05, 0) is 55.8 Å². The zero-order valence-electron chi connectivity index (χ0n) is 20.2. The summed E-state index contributed by atoms with van der Waals surface area (Å²) in [5.74, 6) is 0.476. The van der Waals surface area contributed by atoms with Crippen molar-refractivity contribution in [3.8, 4) is 17.0 Å². The number of nitrogens with one attached hydrogen (secondary N) is 1. The van der Waals surface area contributed by atoms with Gasteiger partial charge in [0.1, 0.15) is 5.75 Å². The number of para-hydroxylation sites is 2. The minimum atomic E-state index is -0.288. The van der Waals surface area contributed by atoms with Gasteiger partial charge in [0.25, 0.3) is 5.91 Å². The maximum atomic E-state index is 13.3. The van der Waals surface area contributed by atoms with E-state index in [4.69, 9.17) is 9.72 Å². The predicted octanol–water partition coefficient (Wildman–Crippen LogP) is 5.78. The molecule has 1 N–H and O–H groups in total.